The first-order valence-corrected chi connectivity index (χ1v) is 8.93. The molecule has 0 fully saturated rings. The second-order valence-electron chi connectivity index (χ2n) is 5.18. The molecule has 3 aromatic rings. The van der Waals surface area contributed by atoms with Gasteiger partial charge in [-0.1, -0.05) is 28.5 Å². The molecule has 0 spiro atoms. The second-order valence-corrected chi connectivity index (χ2v) is 7.09. The lowest BCUT2D eigenvalue weighted by atomic mass is 10.1. The van der Waals surface area contributed by atoms with Crippen LogP contribution in [0.4, 0.5) is 5.13 Å². The number of carbonyl (C=O) groups is 1. The van der Waals surface area contributed by atoms with Crippen LogP contribution in [0.3, 0.4) is 0 Å². The van der Waals surface area contributed by atoms with Crippen LogP contribution in [0.25, 0.3) is 10.2 Å². The van der Waals surface area contributed by atoms with E-state index in [0.717, 1.165) is 21.3 Å². The van der Waals surface area contributed by atoms with Gasteiger partial charge in [0, 0.05) is 10.5 Å². The standard InChI is InChI=1S/C17H16N2OS2/c1-10-6-11(2)8-12(7-10)16(20)19-17-18-14-5-4-13(21-3)9-15(14)22-17/h4-9H,1-3H3,(H,18,19,20). The monoisotopic (exact) mass is 328 g/mol. The Kier molecular flexibility index (Phi) is 4.18. The van der Waals surface area contributed by atoms with Crippen LogP contribution in [0.5, 0.6) is 0 Å². The largest absolute Gasteiger partial charge is 0.298 e. The van der Waals surface area contributed by atoms with E-state index in [1.165, 1.54) is 16.2 Å². The van der Waals surface area contributed by atoms with Crippen molar-refractivity contribution in [3.05, 3.63) is 53.1 Å². The Labute approximate surface area is 137 Å². The Morgan fingerprint density at radius 3 is 2.55 bits per heavy atom. The van der Waals surface area contributed by atoms with Crippen molar-refractivity contribution in [3.63, 3.8) is 0 Å². The molecule has 1 aromatic heterocycles. The fraction of sp³-hybridized carbons (Fsp3) is 0.176. The maximum Gasteiger partial charge on any atom is 0.257 e. The summed E-state index contributed by atoms with van der Waals surface area (Å²) >= 11 is 3.20. The van der Waals surface area contributed by atoms with Crippen LogP contribution < -0.4 is 5.32 Å². The summed E-state index contributed by atoms with van der Waals surface area (Å²) in [5.41, 5.74) is 3.75. The van der Waals surface area contributed by atoms with Crippen molar-refractivity contribution in [2.75, 3.05) is 11.6 Å². The third-order valence-electron chi connectivity index (χ3n) is 3.30. The molecule has 3 rings (SSSR count). The van der Waals surface area contributed by atoms with Crippen LogP contribution >= 0.6 is 23.1 Å². The molecular weight excluding hydrogens is 312 g/mol. The molecule has 0 unspecified atom stereocenters. The Morgan fingerprint density at radius 2 is 1.86 bits per heavy atom. The molecular formula is C17H16N2OS2. The summed E-state index contributed by atoms with van der Waals surface area (Å²) in [5, 5.41) is 3.54. The lowest BCUT2D eigenvalue weighted by molar-refractivity contribution is 0.102. The molecule has 2 aromatic carbocycles. The molecule has 22 heavy (non-hydrogen) atoms. The third kappa shape index (κ3) is 3.15. The number of anilines is 1. The molecule has 0 saturated carbocycles. The Balaban J connectivity index is 1.87. The summed E-state index contributed by atoms with van der Waals surface area (Å²) in [6, 6.07) is 12.0. The normalized spacial score (nSPS) is 10.9. The van der Waals surface area contributed by atoms with E-state index in [4.69, 9.17) is 0 Å². The lowest BCUT2D eigenvalue weighted by Gasteiger charge is -2.04. The van der Waals surface area contributed by atoms with Crippen molar-refractivity contribution in [1.82, 2.24) is 4.98 Å². The van der Waals surface area contributed by atoms with Crippen LogP contribution in [-0.4, -0.2) is 17.1 Å². The average molecular weight is 328 g/mol. The number of fused-ring (bicyclic) bond motifs is 1. The fourth-order valence-electron chi connectivity index (χ4n) is 2.36. The predicted molar refractivity (Wildman–Crippen MR) is 95.3 cm³/mol. The van der Waals surface area contributed by atoms with Crippen molar-refractivity contribution in [1.29, 1.82) is 0 Å². The number of nitrogens with zero attached hydrogens (tertiary/aromatic N) is 1. The highest BCUT2D eigenvalue weighted by Gasteiger charge is 2.11. The molecule has 1 amide bonds. The van der Waals surface area contributed by atoms with Gasteiger partial charge >= 0.3 is 0 Å². The number of hydrogen-bond acceptors (Lipinski definition) is 4. The SMILES string of the molecule is CSc1ccc2nc(NC(=O)c3cc(C)cc(C)c3)sc2c1. The van der Waals surface area contributed by atoms with E-state index in [2.05, 4.69) is 22.4 Å². The number of rotatable bonds is 3. The second kappa shape index (κ2) is 6.10. The van der Waals surface area contributed by atoms with Crippen LogP contribution in [0.15, 0.2) is 41.3 Å². The number of hydrogen-bond donors (Lipinski definition) is 1. The number of thiazole rings is 1. The van der Waals surface area contributed by atoms with E-state index < -0.39 is 0 Å². The van der Waals surface area contributed by atoms with Gasteiger partial charge < -0.3 is 0 Å². The maximum atomic E-state index is 12.4. The molecule has 3 nitrogen and oxygen atoms in total. The first-order valence-electron chi connectivity index (χ1n) is 6.89. The van der Waals surface area contributed by atoms with E-state index in [1.54, 1.807) is 11.8 Å². The van der Waals surface area contributed by atoms with Crippen LogP contribution in [0.1, 0.15) is 21.5 Å². The van der Waals surface area contributed by atoms with Gasteiger partial charge in [-0.3, -0.25) is 10.1 Å². The van der Waals surface area contributed by atoms with Crippen molar-refractivity contribution in [2.24, 2.45) is 0 Å². The number of nitrogens with one attached hydrogen (secondary N) is 1. The van der Waals surface area contributed by atoms with Gasteiger partial charge in [-0.25, -0.2) is 4.98 Å². The number of amides is 1. The zero-order valence-electron chi connectivity index (χ0n) is 12.6. The first-order chi connectivity index (χ1) is 10.5. The topological polar surface area (TPSA) is 42.0 Å². The highest BCUT2D eigenvalue weighted by molar-refractivity contribution is 7.98. The summed E-state index contributed by atoms with van der Waals surface area (Å²) in [6.07, 6.45) is 2.05. The van der Waals surface area contributed by atoms with Gasteiger partial charge in [0.2, 0.25) is 0 Å². The summed E-state index contributed by atoms with van der Waals surface area (Å²) in [7, 11) is 0. The van der Waals surface area contributed by atoms with E-state index in [9.17, 15) is 4.79 Å². The quantitative estimate of drug-likeness (QED) is 0.696. The van der Waals surface area contributed by atoms with Crippen molar-refractivity contribution < 1.29 is 4.79 Å². The Hall–Kier alpha value is -1.85. The van der Waals surface area contributed by atoms with E-state index in [0.29, 0.717) is 10.7 Å². The molecule has 0 radical (unpaired) electrons. The van der Waals surface area contributed by atoms with Crippen molar-refractivity contribution in [2.45, 2.75) is 18.7 Å². The Morgan fingerprint density at radius 1 is 1.14 bits per heavy atom. The van der Waals surface area contributed by atoms with Crippen LogP contribution in [-0.2, 0) is 0 Å². The summed E-state index contributed by atoms with van der Waals surface area (Å²) < 4.78 is 1.09. The molecule has 0 aliphatic carbocycles. The number of aryl methyl sites for hydroxylation is 2. The van der Waals surface area contributed by atoms with E-state index >= 15 is 0 Å². The van der Waals surface area contributed by atoms with Gasteiger partial charge in [0.1, 0.15) is 0 Å². The fourth-order valence-corrected chi connectivity index (χ4v) is 3.78. The number of aromatic nitrogens is 1. The highest BCUT2D eigenvalue weighted by Crippen LogP contribution is 2.29. The minimum Gasteiger partial charge on any atom is -0.298 e. The third-order valence-corrected chi connectivity index (χ3v) is 4.96. The minimum atomic E-state index is -0.115. The van der Waals surface area contributed by atoms with Gasteiger partial charge in [0.25, 0.3) is 5.91 Å². The van der Waals surface area contributed by atoms with Gasteiger partial charge in [-0.15, -0.1) is 11.8 Å². The van der Waals surface area contributed by atoms with Crippen LogP contribution in [0.2, 0.25) is 0 Å². The molecule has 5 heteroatoms. The van der Waals surface area contributed by atoms with Crippen LogP contribution in [0, 0.1) is 13.8 Å². The zero-order valence-corrected chi connectivity index (χ0v) is 14.3. The smallest absolute Gasteiger partial charge is 0.257 e. The molecule has 0 aliphatic rings. The number of benzene rings is 2. The first kappa shape index (κ1) is 15.1. The molecule has 1 heterocycles. The maximum absolute atomic E-state index is 12.4. The molecule has 0 atom stereocenters. The van der Waals surface area contributed by atoms with Gasteiger partial charge in [-0.2, -0.15) is 0 Å². The van der Waals surface area contributed by atoms with Crippen molar-refractivity contribution >= 4 is 44.4 Å². The summed E-state index contributed by atoms with van der Waals surface area (Å²) in [4.78, 5) is 18.0. The summed E-state index contributed by atoms with van der Waals surface area (Å²) in [5.74, 6) is -0.115. The van der Waals surface area contributed by atoms with Gasteiger partial charge in [0.15, 0.2) is 5.13 Å². The molecule has 1 N–H and O–H groups in total. The van der Waals surface area contributed by atoms with E-state index in [-0.39, 0.29) is 5.91 Å². The number of thioether (sulfide) groups is 1. The zero-order chi connectivity index (χ0) is 15.7. The molecule has 0 bridgehead atoms. The summed E-state index contributed by atoms with van der Waals surface area (Å²) in [6.45, 7) is 3.98. The molecule has 0 aliphatic heterocycles. The Bertz CT molecular complexity index is 835. The highest BCUT2D eigenvalue weighted by atomic mass is 32.2. The van der Waals surface area contributed by atoms with E-state index in [1.807, 2.05) is 44.4 Å². The average Bonchev–Trinajstić information content (AvgIpc) is 2.87. The van der Waals surface area contributed by atoms with Crippen molar-refractivity contribution in [3.8, 4) is 0 Å². The number of carbonyl (C=O) groups excluding carboxylic acids is 1. The van der Waals surface area contributed by atoms with Gasteiger partial charge in [0.05, 0.1) is 10.2 Å². The molecule has 0 saturated heterocycles. The van der Waals surface area contributed by atoms with Gasteiger partial charge in [-0.05, 0) is 50.4 Å². The minimum absolute atomic E-state index is 0.115. The molecule has 112 valence electrons. The lowest BCUT2D eigenvalue weighted by Crippen LogP contribution is -2.12. The predicted octanol–water partition coefficient (Wildman–Crippen LogP) is 4.89.